The second kappa shape index (κ2) is 31.3. The van der Waals surface area contributed by atoms with Crippen LogP contribution in [-0.2, 0) is 0 Å². The summed E-state index contributed by atoms with van der Waals surface area (Å²) in [5.74, 6) is 11.9. The van der Waals surface area contributed by atoms with Gasteiger partial charge in [-0.1, -0.05) is 244 Å². The van der Waals surface area contributed by atoms with Gasteiger partial charge in [-0.05, 0) is 165 Å². The number of rotatable bonds is 5. The zero-order chi connectivity index (χ0) is 47.0. The molecule has 0 amide bonds. The summed E-state index contributed by atoms with van der Waals surface area (Å²) in [5, 5.41) is 0. The van der Waals surface area contributed by atoms with Gasteiger partial charge in [0, 0.05) is 0 Å². The third-order valence-electron chi connectivity index (χ3n) is 20.7. The molecule has 10 saturated carbocycles. The van der Waals surface area contributed by atoms with E-state index in [9.17, 15) is 0 Å². The van der Waals surface area contributed by atoms with Crippen molar-refractivity contribution in [3.05, 3.63) is 0 Å². The first-order valence-electron chi connectivity index (χ1n) is 30.5. The van der Waals surface area contributed by atoms with Gasteiger partial charge in [0.1, 0.15) is 0 Å². The Balaban J connectivity index is 0.000000194. The van der Waals surface area contributed by atoms with E-state index in [1.54, 1.807) is 51.4 Å². The molecule has 0 nitrogen and oxygen atoms in total. The van der Waals surface area contributed by atoms with Gasteiger partial charge >= 0.3 is 0 Å². The predicted octanol–water partition coefficient (Wildman–Crippen LogP) is 22.5. The second-order valence-corrected chi connectivity index (χ2v) is 27.2. The van der Waals surface area contributed by atoms with Crippen LogP contribution in [0.5, 0.6) is 0 Å². The first kappa shape index (κ1) is 58.3. The molecule has 0 aromatic carbocycles. The van der Waals surface area contributed by atoms with Crippen LogP contribution in [0.25, 0.3) is 0 Å². The van der Waals surface area contributed by atoms with Gasteiger partial charge in [-0.25, -0.2) is 0 Å². The summed E-state index contributed by atoms with van der Waals surface area (Å²) in [6.45, 7) is 30.8. The van der Waals surface area contributed by atoms with Crippen LogP contribution in [0.15, 0.2) is 0 Å². The predicted molar refractivity (Wildman–Crippen MR) is 290 cm³/mol. The standard InChI is InChI=1S/2C8H14.6C8H16/c1-6-4-7-2-3-8(6)5-7;1-6-7-2-3-8(6)5-4-7;1-7-3-5-8(2)6-4-7;1-8(2)6-4-3-5-7-8;1-7(2)8-5-3-4-6-8;2*1-3-8(2)6-4-5-7-8;1-2-5-8-6-3-4-7-8/h2*6-8H,2-5H2,1H3;7-8H,3-6H2,1-2H3;3-7H2,1-2H3;7-8H,3-6H2,1-2H3;2*3-7H2,1-2H3;8H,2-7H2,1H3/t6-,7?,8?;;;;;;;/m0......./s1. The van der Waals surface area contributed by atoms with E-state index in [0.717, 1.165) is 75.9 Å². The highest BCUT2D eigenvalue weighted by Gasteiger charge is 2.38. The molecule has 0 aromatic rings. The average molecular weight is 894 g/mol. The van der Waals surface area contributed by atoms with Gasteiger partial charge < -0.3 is 0 Å². The first-order valence-corrected chi connectivity index (χ1v) is 30.5. The largest absolute Gasteiger partial charge is 0.0654 e. The molecule has 380 valence electrons. The summed E-state index contributed by atoms with van der Waals surface area (Å²) >= 11 is 0. The average Bonchev–Trinajstić information content (AvgIpc) is 4.15. The van der Waals surface area contributed by atoms with E-state index in [-0.39, 0.29) is 0 Å². The van der Waals surface area contributed by atoms with E-state index in [1.807, 2.05) is 0 Å². The van der Waals surface area contributed by atoms with Gasteiger partial charge in [0.15, 0.2) is 0 Å². The molecule has 10 rings (SSSR count). The Morgan fingerprint density at radius 2 is 0.828 bits per heavy atom. The van der Waals surface area contributed by atoms with E-state index in [2.05, 4.69) is 90.0 Å². The third kappa shape index (κ3) is 23.1. The zero-order valence-electron chi connectivity index (χ0n) is 47.0. The SMILES string of the molecule is CC(C)C1CCCC1.CC1(C)CCCCC1.CC1C2CCC1CC2.CC1CCC(C)CC1.CCC1(C)CCCC1.CCC1(C)CCCC1.CCCC1CCCC1.C[C@H]1CC2CCC1C2. The summed E-state index contributed by atoms with van der Waals surface area (Å²) in [4.78, 5) is 0. The molecule has 64 heavy (non-hydrogen) atoms. The quantitative estimate of drug-likeness (QED) is 0.258. The van der Waals surface area contributed by atoms with Crippen LogP contribution in [0.4, 0.5) is 0 Å². The minimum Gasteiger partial charge on any atom is -0.0654 e. The van der Waals surface area contributed by atoms with Crippen molar-refractivity contribution in [2.45, 2.75) is 328 Å². The highest BCUT2D eigenvalue weighted by Crippen LogP contribution is 2.49. The van der Waals surface area contributed by atoms with Gasteiger partial charge in [-0.15, -0.1) is 0 Å². The fourth-order valence-corrected chi connectivity index (χ4v) is 14.6. The molecule has 10 aliphatic rings. The molecule has 4 bridgehead atoms. The Bertz CT molecular complexity index is 1030. The van der Waals surface area contributed by atoms with Crippen molar-refractivity contribution >= 4 is 0 Å². The smallest absolute Gasteiger partial charge is 0.0328 e. The highest BCUT2D eigenvalue weighted by molar-refractivity contribution is 4.89. The summed E-state index contributed by atoms with van der Waals surface area (Å²) in [7, 11) is 0. The van der Waals surface area contributed by atoms with Crippen molar-refractivity contribution in [3.8, 4) is 0 Å². The zero-order valence-corrected chi connectivity index (χ0v) is 47.0. The van der Waals surface area contributed by atoms with Crippen LogP contribution in [-0.4, -0.2) is 0 Å². The van der Waals surface area contributed by atoms with Crippen molar-refractivity contribution in [2.24, 2.45) is 81.3 Å². The van der Waals surface area contributed by atoms with Gasteiger partial charge in [0.25, 0.3) is 0 Å². The minimum atomic E-state index is 0.679. The minimum absolute atomic E-state index is 0.679. The Kier molecular flexibility index (Phi) is 28.5. The lowest BCUT2D eigenvalue weighted by atomic mass is 9.78. The molecule has 10 aliphatic carbocycles. The summed E-state index contributed by atoms with van der Waals surface area (Å²) in [5.41, 5.74) is 2.15. The summed E-state index contributed by atoms with van der Waals surface area (Å²) in [6.07, 6.45) is 55.1. The van der Waals surface area contributed by atoms with Crippen LogP contribution in [0.3, 0.4) is 0 Å². The lowest BCUT2D eigenvalue weighted by Crippen LogP contribution is -2.14. The van der Waals surface area contributed by atoms with Gasteiger partial charge in [-0.2, -0.15) is 0 Å². The van der Waals surface area contributed by atoms with Crippen LogP contribution in [0.1, 0.15) is 328 Å². The van der Waals surface area contributed by atoms with E-state index < -0.39 is 0 Å². The lowest BCUT2D eigenvalue weighted by molar-refractivity contribution is 0.244. The molecule has 0 spiro atoms. The fraction of sp³-hybridized carbons (Fsp3) is 1.00. The molecular weight excluding hydrogens is 769 g/mol. The monoisotopic (exact) mass is 893 g/mol. The number of hydrogen-bond acceptors (Lipinski definition) is 0. The number of hydrogen-bond donors (Lipinski definition) is 0. The molecule has 0 aromatic heterocycles. The van der Waals surface area contributed by atoms with Gasteiger partial charge in [-0.3, -0.25) is 0 Å². The Morgan fingerprint density at radius 3 is 1.06 bits per heavy atom. The van der Waals surface area contributed by atoms with E-state index in [0.29, 0.717) is 5.41 Å². The Morgan fingerprint density at radius 1 is 0.422 bits per heavy atom. The molecule has 0 N–H and O–H groups in total. The summed E-state index contributed by atoms with van der Waals surface area (Å²) < 4.78 is 0. The summed E-state index contributed by atoms with van der Waals surface area (Å²) in [6, 6.07) is 0. The second-order valence-electron chi connectivity index (χ2n) is 27.2. The first-order chi connectivity index (χ1) is 30.5. The van der Waals surface area contributed by atoms with Crippen molar-refractivity contribution < 1.29 is 0 Å². The molecule has 0 saturated heterocycles. The van der Waals surface area contributed by atoms with E-state index in [4.69, 9.17) is 0 Å². The van der Waals surface area contributed by atoms with Crippen molar-refractivity contribution in [2.75, 3.05) is 0 Å². The molecule has 3 atom stereocenters. The maximum absolute atomic E-state index is 2.44. The maximum Gasteiger partial charge on any atom is -0.0328 e. The third-order valence-corrected chi connectivity index (χ3v) is 20.7. The van der Waals surface area contributed by atoms with Crippen LogP contribution in [0, 0.1) is 81.3 Å². The van der Waals surface area contributed by atoms with Gasteiger partial charge in [0.05, 0.1) is 0 Å². The van der Waals surface area contributed by atoms with Crippen molar-refractivity contribution in [1.29, 1.82) is 0 Å². The Labute approximate surface area is 407 Å². The van der Waals surface area contributed by atoms with Crippen molar-refractivity contribution in [3.63, 3.8) is 0 Å². The van der Waals surface area contributed by atoms with Gasteiger partial charge in [0.2, 0.25) is 0 Å². The lowest BCUT2D eigenvalue weighted by Gasteiger charge is -2.28. The molecule has 10 fully saturated rings. The molecule has 2 unspecified atom stereocenters. The molecule has 0 aliphatic heterocycles. The maximum atomic E-state index is 2.44. The Hall–Kier alpha value is 0. The van der Waals surface area contributed by atoms with Crippen LogP contribution in [0.2, 0.25) is 0 Å². The topological polar surface area (TPSA) is 0 Å². The molecule has 0 heterocycles. The normalized spacial score (nSPS) is 33.8. The van der Waals surface area contributed by atoms with Crippen molar-refractivity contribution in [1.82, 2.24) is 0 Å². The van der Waals surface area contributed by atoms with Crippen LogP contribution < -0.4 is 0 Å². The van der Waals surface area contributed by atoms with E-state index in [1.165, 1.54) is 186 Å². The molecule has 0 heteroatoms. The van der Waals surface area contributed by atoms with Crippen LogP contribution >= 0.6 is 0 Å². The highest BCUT2D eigenvalue weighted by atomic mass is 14.4. The molecular formula is C64H124. The molecule has 0 radical (unpaired) electrons. The number of fused-ring (bicyclic) bond motifs is 4. The van der Waals surface area contributed by atoms with E-state index >= 15 is 0 Å². The fourth-order valence-electron chi connectivity index (χ4n) is 14.6.